The lowest BCUT2D eigenvalue weighted by molar-refractivity contribution is -0.114. The average molecular weight is 450 g/mol. The summed E-state index contributed by atoms with van der Waals surface area (Å²) in [7, 11) is 0. The number of aryl methyl sites for hydroxylation is 2. The Morgan fingerprint density at radius 1 is 1.12 bits per heavy atom. The molecule has 3 heterocycles. The van der Waals surface area contributed by atoms with Crippen LogP contribution in [0.25, 0.3) is 10.6 Å². The van der Waals surface area contributed by atoms with E-state index in [2.05, 4.69) is 25.9 Å². The quantitative estimate of drug-likeness (QED) is 0.561. The minimum absolute atomic E-state index is 0.00496. The van der Waals surface area contributed by atoms with Crippen LogP contribution in [0.3, 0.4) is 0 Å². The molecule has 2 aromatic heterocycles. The molecule has 0 saturated carbocycles. The third-order valence-electron chi connectivity index (χ3n) is 5.43. The zero-order valence-corrected chi connectivity index (χ0v) is 18.5. The standard InChI is InChI=1S/C22H23N7O2S/c1-13(30)25-15-3-2-4-16(11-15)26-22-24-12-14-5-6-17-19(18(14)28-22)32-20(27-17)21(31)29-9-7-23-8-10-29/h2-4,11-12,23H,5-10H2,1H3,(H,25,30)(H,24,26,28). The third-order valence-corrected chi connectivity index (χ3v) is 6.53. The first-order valence-electron chi connectivity index (χ1n) is 10.6. The second kappa shape index (κ2) is 8.64. The highest BCUT2D eigenvalue weighted by molar-refractivity contribution is 7.17. The number of nitrogens with zero attached hydrogens (tertiary/aromatic N) is 4. The number of amides is 2. The number of benzene rings is 1. The molecular formula is C22H23N7O2S. The first kappa shape index (κ1) is 20.5. The molecule has 9 nitrogen and oxygen atoms in total. The summed E-state index contributed by atoms with van der Waals surface area (Å²) >= 11 is 1.42. The van der Waals surface area contributed by atoms with E-state index in [4.69, 9.17) is 4.98 Å². The van der Waals surface area contributed by atoms with Crippen LogP contribution in [0, 0.1) is 0 Å². The Kier molecular flexibility index (Phi) is 5.54. The van der Waals surface area contributed by atoms with E-state index in [0.29, 0.717) is 29.7 Å². The van der Waals surface area contributed by atoms with E-state index < -0.39 is 0 Å². The highest BCUT2D eigenvalue weighted by Crippen LogP contribution is 2.37. The number of carbonyl (C=O) groups is 2. The van der Waals surface area contributed by atoms with Gasteiger partial charge in [0.25, 0.3) is 5.91 Å². The van der Waals surface area contributed by atoms with Gasteiger partial charge in [0.15, 0.2) is 5.01 Å². The Bertz CT molecular complexity index is 1190. The smallest absolute Gasteiger partial charge is 0.282 e. The van der Waals surface area contributed by atoms with Gasteiger partial charge in [-0.15, -0.1) is 11.3 Å². The minimum Gasteiger partial charge on any atom is -0.334 e. The normalized spacial score (nSPS) is 15.0. The van der Waals surface area contributed by atoms with Crippen LogP contribution in [0.5, 0.6) is 0 Å². The molecule has 10 heteroatoms. The summed E-state index contributed by atoms with van der Waals surface area (Å²) in [6.45, 7) is 4.50. The molecule has 32 heavy (non-hydrogen) atoms. The number of thiazole rings is 1. The van der Waals surface area contributed by atoms with Crippen molar-refractivity contribution in [2.24, 2.45) is 0 Å². The number of anilines is 3. The van der Waals surface area contributed by atoms with Crippen LogP contribution in [0.2, 0.25) is 0 Å². The molecule has 2 aliphatic rings. The number of rotatable bonds is 4. The maximum atomic E-state index is 12.9. The van der Waals surface area contributed by atoms with E-state index in [-0.39, 0.29) is 11.8 Å². The monoisotopic (exact) mass is 449 g/mol. The molecule has 3 aromatic rings. The van der Waals surface area contributed by atoms with Crippen molar-refractivity contribution < 1.29 is 9.59 Å². The van der Waals surface area contributed by atoms with Crippen LogP contribution in [-0.4, -0.2) is 57.8 Å². The molecule has 0 atom stereocenters. The largest absolute Gasteiger partial charge is 0.334 e. The number of carbonyl (C=O) groups excluding carboxylic acids is 2. The Morgan fingerprint density at radius 3 is 2.75 bits per heavy atom. The second-order valence-corrected chi connectivity index (χ2v) is 8.79. The molecule has 5 rings (SSSR count). The van der Waals surface area contributed by atoms with Crippen LogP contribution >= 0.6 is 11.3 Å². The van der Waals surface area contributed by atoms with Crippen molar-refractivity contribution in [2.45, 2.75) is 19.8 Å². The summed E-state index contributed by atoms with van der Waals surface area (Å²) in [5.41, 5.74) is 4.28. The van der Waals surface area contributed by atoms with Crippen LogP contribution in [-0.2, 0) is 17.6 Å². The van der Waals surface area contributed by atoms with Crippen molar-refractivity contribution in [1.29, 1.82) is 0 Å². The highest BCUT2D eigenvalue weighted by Gasteiger charge is 2.27. The van der Waals surface area contributed by atoms with Gasteiger partial charge in [-0.1, -0.05) is 6.07 Å². The van der Waals surface area contributed by atoms with Crippen molar-refractivity contribution >= 4 is 40.5 Å². The number of aromatic nitrogens is 3. The minimum atomic E-state index is -0.129. The van der Waals surface area contributed by atoms with Gasteiger partial charge in [0.05, 0.1) is 16.3 Å². The Balaban J connectivity index is 1.41. The van der Waals surface area contributed by atoms with Gasteiger partial charge in [-0.2, -0.15) is 0 Å². The molecule has 3 N–H and O–H groups in total. The molecule has 0 bridgehead atoms. The average Bonchev–Trinajstić information content (AvgIpc) is 3.24. The topological polar surface area (TPSA) is 112 Å². The zero-order valence-electron chi connectivity index (χ0n) is 17.6. The van der Waals surface area contributed by atoms with Gasteiger partial charge in [0.2, 0.25) is 11.9 Å². The van der Waals surface area contributed by atoms with E-state index in [1.165, 1.54) is 18.3 Å². The van der Waals surface area contributed by atoms with E-state index in [9.17, 15) is 9.59 Å². The van der Waals surface area contributed by atoms with Gasteiger partial charge in [0, 0.05) is 50.7 Å². The molecule has 164 valence electrons. The molecule has 1 fully saturated rings. The maximum absolute atomic E-state index is 12.9. The Labute approximate surface area is 189 Å². The molecule has 1 aliphatic heterocycles. The third kappa shape index (κ3) is 4.19. The molecule has 0 spiro atoms. The van der Waals surface area contributed by atoms with Crippen LogP contribution < -0.4 is 16.0 Å². The van der Waals surface area contributed by atoms with Gasteiger partial charge in [-0.05, 0) is 36.6 Å². The van der Waals surface area contributed by atoms with Gasteiger partial charge < -0.3 is 20.9 Å². The summed E-state index contributed by atoms with van der Waals surface area (Å²) in [4.78, 5) is 40.9. The van der Waals surface area contributed by atoms with Crippen molar-refractivity contribution in [2.75, 3.05) is 36.8 Å². The first-order valence-corrected chi connectivity index (χ1v) is 11.4. The number of piperazine rings is 1. The van der Waals surface area contributed by atoms with Crippen LogP contribution in [0.1, 0.15) is 28.0 Å². The van der Waals surface area contributed by atoms with Gasteiger partial charge in [-0.25, -0.2) is 15.0 Å². The Hall–Kier alpha value is -3.37. The summed E-state index contributed by atoms with van der Waals surface area (Å²) in [5.74, 6) is 0.325. The van der Waals surface area contributed by atoms with E-state index in [1.807, 2.05) is 35.4 Å². The van der Waals surface area contributed by atoms with Crippen molar-refractivity contribution in [3.05, 3.63) is 46.7 Å². The molecular weight excluding hydrogens is 426 g/mol. The molecule has 0 unspecified atom stereocenters. The molecule has 0 radical (unpaired) electrons. The van der Waals surface area contributed by atoms with E-state index in [1.54, 1.807) is 0 Å². The highest BCUT2D eigenvalue weighted by atomic mass is 32.1. The lowest BCUT2D eigenvalue weighted by Crippen LogP contribution is -2.46. The molecule has 1 aromatic carbocycles. The van der Waals surface area contributed by atoms with E-state index in [0.717, 1.165) is 53.4 Å². The number of hydrogen-bond acceptors (Lipinski definition) is 8. The van der Waals surface area contributed by atoms with Gasteiger partial charge in [-0.3, -0.25) is 9.59 Å². The van der Waals surface area contributed by atoms with Crippen molar-refractivity contribution in [3.63, 3.8) is 0 Å². The van der Waals surface area contributed by atoms with Gasteiger partial charge >= 0.3 is 0 Å². The predicted octanol–water partition coefficient (Wildman–Crippen LogP) is 2.45. The second-order valence-electron chi connectivity index (χ2n) is 7.79. The summed E-state index contributed by atoms with van der Waals surface area (Å²) in [6, 6.07) is 7.38. The van der Waals surface area contributed by atoms with E-state index >= 15 is 0 Å². The fourth-order valence-corrected chi connectivity index (χ4v) is 5.01. The van der Waals surface area contributed by atoms with Crippen LogP contribution in [0.4, 0.5) is 17.3 Å². The lowest BCUT2D eigenvalue weighted by Gasteiger charge is -2.26. The molecule has 1 saturated heterocycles. The van der Waals surface area contributed by atoms with Crippen LogP contribution in [0.15, 0.2) is 30.5 Å². The van der Waals surface area contributed by atoms with Crippen molar-refractivity contribution in [1.82, 2.24) is 25.2 Å². The Morgan fingerprint density at radius 2 is 1.94 bits per heavy atom. The van der Waals surface area contributed by atoms with Gasteiger partial charge in [0.1, 0.15) is 0 Å². The zero-order chi connectivity index (χ0) is 22.1. The number of nitrogens with one attached hydrogen (secondary N) is 3. The fraction of sp³-hybridized carbons (Fsp3) is 0.318. The predicted molar refractivity (Wildman–Crippen MR) is 123 cm³/mol. The number of hydrogen-bond donors (Lipinski definition) is 3. The SMILES string of the molecule is CC(=O)Nc1cccc(Nc2ncc3c(n2)-c2sc(C(=O)N4CCNCC4)nc2CC3)c1. The fourth-order valence-electron chi connectivity index (χ4n) is 3.91. The number of fused-ring (bicyclic) bond motifs is 3. The molecule has 1 aliphatic carbocycles. The first-order chi connectivity index (χ1) is 15.6. The summed E-state index contributed by atoms with van der Waals surface area (Å²) < 4.78 is 0. The van der Waals surface area contributed by atoms with Crippen molar-refractivity contribution in [3.8, 4) is 10.6 Å². The maximum Gasteiger partial charge on any atom is 0.282 e. The molecule has 2 amide bonds. The lowest BCUT2D eigenvalue weighted by atomic mass is 10.00. The summed E-state index contributed by atoms with van der Waals surface area (Å²) in [6.07, 6.45) is 3.41. The summed E-state index contributed by atoms with van der Waals surface area (Å²) in [5, 5.41) is 9.77.